The summed E-state index contributed by atoms with van der Waals surface area (Å²) in [6.07, 6.45) is 0. The van der Waals surface area contributed by atoms with E-state index in [4.69, 9.17) is 0 Å². The molecule has 1 atom stereocenters. The maximum atomic E-state index is 12.7. The molecule has 0 aromatic heterocycles. The van der Waals surface area contributed by atoms with E-state index in [9.17, 15) is 16.8 Å². The second kappa shape index (κ2) is 4.68. The van der Waals surface area contributed by atoms with Crippen LogP contribution < -0.4 is 0 Å². The first kappa shape index (κ1) is 14.3. The summed E-state index contributed by atoms with van der Waals surface area (Å²) in [5, 5.41) is -1.03. The van der Waals surface area contributed by atoms with Crippen LogP contribution in [0, 0.1) is 6.92 Å². The van der Waals surface area contributed by atoms with Gasteiger partial charge < -0.3 is 0 Å². The molecular weight excluding hydrogens is 308 g/mol. The van der Waals surface area contributed by atoms with Crippen molar-refractivity contribution in [3.63, 3.8) is 0 Å². The van der Waals surface area contributed by atoms with Gasteiger partial charge in [-0.1, -0.05) is 35.9 Å². The van der Waals surface area contributed by atoms with Gasteiger partial charge in [-0.05, 0) is 30.7 Å². The molecule has 0 fully saturated rings. The number of fused-ring (bicyclic) bond motifs is 1. The third-order valence-electron chi connectivity index (χ3n) is 3.70. The van der Waals surface area contributed by atoms with Crippen molar-refractivity contribution in [3.8, 4) is 0 Å². The number of benzene rings is 2. The topological polar surface area (TPSA) is 68.3 Å². The van der Waals surface area contributed by atoms with Crippen molar-refractivity contribution in [2.45, 2.75) is 22.0 Å². The Labute approximate surface area is 124 Å². The summed E-state index contributed by atoms with van der Waals surface area (Å²) in [5.41, 5.74) is 1.33. The first-order valence-corrected chi connectivity index (χ1v) is 9.64. The molecule has 1 heterocycles. The second-order valence-corrected chi connectivity index (χ2v) is 9.30. The molecule has 3 rings (SSSR count). The molecule has 1 aliphatic heterocycles. The first-order valence-electron chi connectivity index (χ1n) is 6.44. The van der Waals surface area contributed by atoms with E-state index < -0.39 is 24.9 Å². The molecule has 0 amide bonds. The van der Waals surface area contributed by atoms with Gasteiger partial charge in [-0.25, -0.2) is 16.8 Å². The maximum absolute atomic E-state index is 12.7. The highest BCUT2D eigenvalue weighted by molar-refractivity contribution is 7.96. The van der Waals surface area contributed by atoms with Crippen LogP contribution in [-0.2, 0) is 19.7 Å². The molecule has 1 unspecified atom stereocenters. The average Bonchev–Trinajstić information content (AvgIpc) is 2.73. The molecule has 6 heteroatoms. The van der Waals surface area contributed by atoms with E-state index in [1.165, 1.54) is 18.2 Å². The molecule has 2 aromatic carbocycles. The number of rotatable bonds is 2. The zero-order valence-corrected chi connectivity index (χ0v) is 13.0. The van der Waals surface area contributed by atoms with Crippen molar-refractivity contribution in [3.05, 3.63) is 59.7 Å². The lowest BCUT2D eigenvalue weighted by Crippen LogP contribution is -2.15. The van der Waals surface area contributed by atoms with Crippen molar-refractivity contribution in [2.75, 3.05) is 5.75 Å². The Morgan fingerprint density at radius 1 is 1.00 bits per heavy atom. The van der Waals surface area contributed by atoms with Crippen LogP contribution in [0.15, 0.2) is 58.3 Å². The smallest absolute Gasteiger partial charge is 0.186 e. The zero-order chi connectivity index (χ0) is 15.3. The van der Waals surface area contributed by atoms with Gasteiger partial charge in [-0.15, -0.1) is 0 Å². The van der Waals surface area contributed by atoms with Gasteiger partial charge in [0.2, 0.25) is 0 Å². The van der Waals surface area contributed by atoms with E-state index in [2.05, 4.69) is 0 Å². The van der Waals surface area contributed by atoms with Crippen LogP contribution in [0.5, 0.6) is 0 Å². The summed E-state index contributed by atoms with van der Waals surface area (Å²) in [4.78, 5) is 0.288. The Balaban J connectivity index is 2.16. The summed E-state index contributed by atoms with van der Waals surface area (Å²) in [7, 11) is -7.25. The zero-order valence-electron chi connectivity index (χ0n) is 11.4. The second-order valence-electron chi connectivity index (χ2n) is 5.17. The lowest BCUT2D eigenvalue weighted by atomic mass is 10.2. The van der Waals surface area contributed by atoms with Crippen LogP contribution in [0.4, 0.5) is 0 Å². The maximum Gasteiger partial charge on any atom is 0.186 e. The Hall–Kier alpha value is -1.66. The lowest BCUT2D eigenvalue weighted by Gasteiger charge is -2.12. The Kier molecular flexibility index (Phi) is 3.18. The number of hydrogen-bond donors (Lipinski definition) is 0. The van der Waals surface area contributed by atoms with Crippen LogP contribution in [0.3, 0.4) is 0 Å². The minimum atomic E-state index is -3.72. The predicted octanol–water partition coefficient (Wildman–Crippen LogP) is 2.30. The van der Waals surface area contributed by atoms with E-state index in [-0.39, 0.29) is 15.5 Å². The van der Waals surface area contributed by atoms with E-state index in [1.807, 2.05) is 6.92 Å². The molecule has 0 N–H and O–H groups in total. The molecule has 0 bridgehead atoms. The Morgan fingerprint density at radius 3 is 2.29 bits per heavy atom. The Morgan fingerprint density at radius 2 is 1.62 bits per heavy atom. The summed E-state index contributed by atoms with van der Waals surface area (Å²) in [6.45, 7) is 1.87. The fourth-order valence-corrected chi connectivity index (χ4v) is 6.88. The normalized spacial score (nSPS) is 20.1. The predicted molar refractivity (Wildman–Crippen MR) is 79.6 cm³/mol. The van der Waals surface area contributed by atoms with Crippen molar-refractivity contribution < 1.29 is 16.8 Å². The molecule has 0 aliphatic carbocycles. The molecular formula is C15H14O4S2. The first-order chi connectivity index (χ1) is 9.82. The standard InChI is InChI=1S/C15H14O4S2/c1-11-6-8-12(9-7-11)21(18,19)15-10-20(16,17)14-5-3-2-4-13(14)15/h2-9,15H,10H2,1H3. The van der Waals surface area contributed by atoms with Crippen LogP contribution in [0.2, 0.25) is 0 Å². The van der Waals surface area contributed by atoms with Gasteiger partial charge in [0.05, 0.1) is 15.5 Å². The highest BCUT2D eigenvalue weighted by Gasteiger charge is 2.42. The van der Waals surface area contributed by atoms with Crippen molar-refractivity contribution >= 4 is 19.7 Å². The van der Waals surface area contributed by atoms with Gasteiger partial charge in [0.1, 0.15) is 5.25 Å². The van der Waals surface area contributed by atoms with E-state index in [0.29, 0.717) is 5.56 Å². The summed E-state index contributed by atoms with van der Waals surface area (Å²) in [6, 6.07) is 12.8. The van der Waals surface area contributed by atoms with Crippen LogP contribution in [0.25, 0.3) is 0 Å². The third-order valence-corrected chi connectivity index (χ3v) is 7.82. The molecule has 110 valence electrons. The van der Waals surface area contributed by atoms with Gasteiger partial charge in [0, 0.05) is 0 Å². The molecule has 2 aromatic rings. The third kappa shape index (κ3) is 2.28. The van der Waals surface area contributed by atoms with E-state index in [1.54, 1.807) is 30.3 Å². The van der Waals surface area contributed by atoms with Crippen LogP contribution in [-0.4, -0.2) is 22.6 Å². The van der Waals surface area contributed by atoms with Gasteiger partial charge in [-0.2, -0.15) is 0 Å². The largest absolute Gasteiger partial charge is 0.224 e. The van der Waals surface area contributed by atoms with Crippen molar-refractivity contribution in [1.29, 1.82) is 0 Å². The molecule has 0 saturated carbocycles. The van der Waals surface area contributed by atoms with Crippen molar-refractivity contribution in [1.82, 2.24) is 0 Å². The van der Waals surface area contributed by atoms with Gasteiger partial charge in [0.15, 0.2) is 19.7 Å². The highest BCUT2D eigenvalue weighted by atomic mass is 32.2. The fraction of sp³-hybridized carbons (Fsp3) is 0.200. The molecule has 0 spiro atoms. The number of aryl methyl sites for hydroxylation is 1. The van der Waals surface area contributed by atoms with Crippen LogP contribution in [0.1, 0.15) is 16.4 Å². The van der Waals surface area contributed by atoms with Crippen LogP contribution >= 0.6 is 0 Å². The number of hydrogen-bond acceptors (Lipinski definition) is 4. The fourth-order valence-electron chi connectivity index (χ4n) is 2.56. The van der Waals surface area contributed by atoms with Gasteiger partial charge in [-0.3, -0.25) is 0 Å². The molecule has 0 radical (unpaired) electrons. The Bertz CT molecular complexity index is 895. The average molecular weight is 322 g/mol. The minimum absolute atomic E-state index is 0.130. The number of sulfone groups is 2. The van der Waals surface area contributed by atoms with Gasteiger partial charge >= 0.3 is 0 Å². The molecule has 21 heavy (non-hydrogen) atoms. The highest BCUT2D eigenvalue weighted by Crippen LogP contribution is 2.40. The summed E-state index contributed by atoms with van der Waals surface area (Å²) < 4.78 is 49.7. The summed E-state index contributed by atoms with van der Waals surface area (Å²) in [5.74, 6) is -0.386. The minimum Gasteiger partial charge on any atom is -0.224 e. The monoisotopic (exact) mass is 322 g/mol. The van der Waals surface area contributed by atoms with Gasteiger partial charge in [0.25, 0.3) is 0 Å². The molecule has 1 aliphatic rings. The molecule has 0 saturated heterocycles. The van der Waals surface area contributed by atoms with E-state index in [0.717, 1.165) is 5.56 Å². The van der Waals surface area contributed by atoms with E-state index >= 15 is 0 Å². The summed E-state index contributed by atoms with van der Waals surface area (Å²) >= 11 is 0. The lowest BCUT2D eigenvalue weighted by molar-refractivity contribution is 0.582. The SMILES string of the molecule is Cc1ccc(S(=O)(=O)C2CS(=O)(=O)c3ccccc32)cc1. The quantitative estimate of drug-likeness (QED) is 0.851. The molecule has 4 nitrogen and oxygen atoms in total. The van der Waals surface area contributed by atoms with Crippen molar-refractivity contribution in [2.24, 2.45) is 0 Å².